The summed E-state index contributed by atoms with van der Waals surface area (Å²) in [5.74, 6) is 2.19. The number of methoxy groups -OCH3 is 1. The lowest BCUT2D eigenvalue weighted by Crippen LogP contribution is -2.28. The Balaban J connectivity index is 1.30. The van der Waals surface area contributed by atoms with Crippen LogP contribution in [0.4, 0.5) is 10.3 Å². The van der Waals surface area contributed by atoms with Gasteiger partial charge in [0.15, 0.2) is 0 Å². The van der Waals surface area contributed by atoms with E-state index in [9.17, 15) is 4.39 Å². The van der Waals surface area contributed by atoms with Crippen LogP contribution in [0.25, 0.3) is 22.6 Å². The number of imidazole rings is 1. The van der Waals surface area contributed by atoms with Crippen molar-refractivity contribution in [1.82, 2.24) is 19.5 Å². The zero-order chi connectivity index (χ0) is 25.2. The van der Waals surface area contributed by atoms with Crippen LogP contribution in [0.5, 0.6) is 5.75 Å². The maximum Gasteiger partial charge on any atom is 0.223 e. The minimum Gasteiger partial charge on any atom is -0.497 e. The van der Waals surface area contributed by atoms with Crippen LogP contribution in [-0.4, -0.2) is 39.3 Å². The monoisotopic (exact) mass is 499 g/mol. The van der Waals surface area contributed by atoms with Crippen LogP contribution < -0.4 is 10.1 Å². The van der Waals surface area contributed by atoms with Crippen LogP contribution in [0.1, 0.15) is 43.1 Å². The number of hydrogen-bond donors (Lipinski definition) is 1. The van der Waals surface area contributed by atoms with Crippen molar-refractivity contribution in [1.29, 1.82) is 0 Å². The van der Waals surface area contributed by atoms with Gasteiger partial charge in [-0.2, -0.15) is 0 Å². The van der Waals surface area contributed by atoms with Crippen LogP contribution in [0.3, 0.4) is 0 Å². The van der Waals surface area contributed by atoms with E-state index < -0.39 is 0 Å². The van der Waals surface area contributed by atoms with Gasteiger partial charge in [0, 0.05) is 24.2 Å². The quantitative estimate of drug-likeness (QED) is 0.313. The van der Waals surface area contributed by atoms with Gasteiger partial charge >= 0.3 is 0 Å². The Morgan fingerprint density at radius 2 is 1.81 bits per heavy atom. The minimum atomic E-state index is -0.268. The van der Waals surface area contributed by atoms with Crippen LogP contribution in [0.15, 0.2) is 60.8 Å². The number of halogens is 1. The zero-order valence-electron chi connectivity index (χ0n) is 20.9. The molecular formula is C29H30FN5O2. The van der Waals surface area contributed by atoms with Crippen LogP contribution in [-0.2, 0) is 17.8 Å². The van der Waals surface area contributed by atoms with Crippen molar-refractivity contribution < 1.29 is 13.9 Å². The maximum absolute atomic E-state index is 13.7. The third kappa shape index (κ3) is 4.93. The SMILES string of the molecule is COc1ccc(COCC2CCc3nc(-c4ccc(F)cc4)c(-c4ccnc(NC5CCC5)n4)n32)cc1. The summed E-state index contributed by atoms with van der Waals surface area (Å²) in [6, 6.07) is 16.9. The van der Waals surface area contributed by atoms with E-state index in [1.54, 1.807) is 25.4 Å². The molecule has 0 saturated heterocycles. The molecule has 1 atom stereocenters. The molecule has 1 aliphatic carbocycles. The highest BCUT2D eigenvalue weighted by atomic mass is 19.1. The normalized spacial score (nSPS) is 16.9. The molecule has 1 unspecified atom stereocenters. The van der Waals surface area contributed by atoms with E-state index in [-0.39, 0.29) is 11.9 Å². The molecule has 0 radical (unpaired) electrons. The second-order valence-electron chi connectivity index (χ2n) is 9.70. The maximum atomic E-state index is 13.7. The van der Waals surface area contributed by atoms with E-state index in [0.29, 0.717) is 25.2 Å². The molecule has 4 aromatic rings. The fourth-order valence-corrected chi connectivity index (χ4v) is 5.01. The molecule has 1 fully saturated rings. The van der Waals surface area contributed by atoms with Crippen LogP contribution in [0, 0.1) is 5.82 Å². The van der Waals surface area contributed by atoms with E-state index in [1.807, 2.05) is 30.3 Å². The molecule has 2 aliphatic rings. The smallest absolute Gasteiger partial charge is 0.223 e. The molecule has 3 heterocycles. The highest BCUT2D eigenvalue weighted by Gasteiger charge is 2.31. The summed E-state index contributed by atoms with van der Waals surface area (Å²) in [5, 5.41) is 3.45. The third-order valence-electron chi connectivity index (χ3n) is 7.24. The summed E-state index contributed by atoms with van der Waals surface area (Å²) in [6.45, 7) is 1.08. The van der Waals surface area contributed by atoms with Crippen LogP contribution in [0.2, 0.25) is 0 Å². The van der Waals surface area contributed by atoms with Crippen molar-refractivity contribution in [2.75, 3.05) is 19.0 Å². The van der Waals surface area contributed by atoms with E-state index in [4.69, 9.17) is 19.4 Å². The molecule has 1 N–H and O–H groups in total. The fourth-order valence-electron chi connectivity index (χ4n) is 5.01. The van der Waals surface area contributed by atoms with Gasteiger partial charge in [0.05, 0.1) is 43.4 Å². The fraction of sp³-hybridized carbons (Fsp3) is 0.345. The van der Waals surface area contributed by atoms with Gasteiger partial charge in [-0.25, -0.2) is 19.3 Å². The molecule has 0 amide bonds. The largest absolute Gasteiger partial charge is 0.497 e. The Labute approximate surface area is 215 Å². The molecule has 1 saturated carbocycles. The van der Waals surface area contributed by atoms with Crippen molar-refractivity contribution in [3.05, 3.63) is 78.0 Å². The number of ether oxygens (including phenoxy) is 2. The first-order chi connectivity index (χ1) is 18.2. The van der Waals surface area contributed by atoms with Gasteiger partial charge in [0.2, 0.25) is 5.95 Å². The van der Waals surface area contributed by atoms with Crippen molar-refractivity contribution >= 4 is 5.95 Å². The first-order valence-electron chi connectivity index (χ1n) is 12.9. The van der Waals surface area contributed by atoms with Crippen molar-refractivity contribution in [3.63, 3.8) is 0 Å². The first kappa shape index (κ1) is 23.6. The van der Waals surface area contributed by atoms with Gasteiger partial charge in [0.25, 0.3) is 0 Å². The average Bonchev–Trinajstić information content (AvgIpc) is 3.47. The Hall–Kier alpha value is -3.78. The van der Waals surface area contributed by atoms with Crippen molar-refractivity contribution in [3.8, 4) is 28.4 Å². The Bertz CT molecular complexity index is 1370. The molecule has 0 bridgehead atoms. The lowest BCUT2D eigenvalue weighted by molar-refractivity contribution is 0.0924. The highest BCUT2D eigenvalue weighted by Crippen LogP contribution is 2.39. The third-order valence-corrected chi connectivity index (χ3v) is 7.24. The summed E-state index contributed by atoms with van der Waals surface area (Å²) >= 11 is 0. The van der Waals surface area contributed by atoms with Gasteiger partial charge in [0.1, 0.15) is 17.4 Å². The predicted octanol–water partition coefficient (Wildman–Crippen LogP) is 5.82. The molecule has 2 aromatic carbocycles. The molecule has 7 nitrogen and oxygen atoms in total. The number of aryl methyl sites for hydroxylation is 1. The van der Waals surface area contributed by atoms with Crippen LogP contribution >= 0.6 is 0 Å². The average molecular weight is 500 g/mol. The second kappa shape index (κ2) is 10.3. The minimum absolute atomic E-state index is 0.128. The summed E-state index contributed by atoms with van der Waals surface area (Å²) in [7, 11) is 1.66. The summed E-state index contributed by atoms with van der Waals surface area (Å²) in [4.78, 5) is 14.4. The van der Waals surface area contributed by atoms with E-state index in [0.717, 1.165) is 65.5 Å². The number of benzene rings is 2. The Morgan fingerprint density at radius 1 is 1.00 bits per heavy atom. The van der Waals surface area contributed by atoms with E-state index in [1.165, 1.54) is 18.6 Å². The number of nitrogens with zero attached hydrogens (tertiary/aromatic N) is 4. The number of aromatic nitrogens is 4. The van der Waals surface area contributed by atoms with Gasteiger partial charge < -0.3 is 19.4 Å². The molecular weight excluding hydrogens is 469 g/mol. The summed E-state index contributed by atoms with van der Waals surface area (Å²) in [6.07, 6.45) is 7.11. The molecule has 0 spiro atoms. The number of hydrogen-bond acceptors (Lipinski definition) is 6. The topological polar surface area (TPSA) is 74.1 Å². The molecule has 2 aromatic heterocycles. The molecule has 8 heteroatoms. The summed E-state index contributed by atoms with van der Waals surface area (Å²) < 4.78 is 27.4. The summed E-state index contributed by atoms with van der Waals surface area (Å²) in [5.41, 5.74) is 4.50. The second-order valence-corrected chi connectivity index (χ2v) is 9.70. The van der Waals surface area contributed by atoms with E-state index in [2.05, 4.69) is 14.9 Å². The van der Waals surface area contributed by atoms with Gasteiger partial charge in [-0.05, 0) is 73.7 Å². The Kier molecular flexibility index (Phi) is 6.57. The molecule has 190 valence electrons. The lowest BCUT2D eigenvalue weighted by atomic mass is 9.93. The number of rotatable bonds is 9. The van der Waals surface area contributed by atoms with Crippen molar-refractivity contribution in [2.24, 2.45) is 0 Å². The standard InChI is InChI=1S/C29H30FN5O2/c1-36-24-12-5-19(6-13-24)17-37-18-23-11-14-26-34-27(20-7-9-21(30)10-8-20)28(35(23)26)25-15-16-31-29(33-25)32-22-3-2-4-22/h5-10,12-13,15-16,22-23H,2-4,11,14,17-18H2,1H3,(H,31,32,33). The number of anilines is 1. The lowest BCUT2D eigenvalue weighted by Gasteiger charge is -2.26. The number of fused-ring (bicyclic) bond motifs is 1. The zero-order valence-corrected chi connectivity index (χ0v) is 20.9. The van der Waals surface area contributed by atoms with Gasteiger partial charge in [-0.3, -0.25) is 0 Å². The predicted molar refractivity (Wildman–Crippen MR) is 140 cm³/mol. The van der Waals surface area contributed by atoms with Gasteiger partial charge in [-0.1, -0.05) is 12.1 Å². The van der Waals surface area contributed by atoms with E-state index >= 15 is 0 Å². The van der Waals surface area contributed by atoms with Gasteiger partial charge in [-0.15, -0.1) is 0 Å². The Morgan fingerprint density at radius 3 is 2.54 bits per heavy atom. The van der Waals surface area contributed by atoms with Crippen molar-refractivity contribution in [2.45, 2.75) is 50.8 Å². The molecule has 6 rings (SSSR count). The highest BCUT2D eigenvalue weighted by molar-refractivity contribution is 5.78. The first-order valence-corrected chi connectivity index (χ1v) is 12.9. The molecule has 1 aliphatic heterocycles. The molecule has 37 heavy (non-hydrogen) atoms. The number of nitrogens with one attached hydrogen (secondary N) is 1.